The Morgan fingerprint density at radius 3 is 2.85 bits per heavy atom. The first-order chi connectivity index (χ1) is 9.65. The average molecular weight is 351 g/mol. The number of thiophene rings is 1. The van der Waals surface area contributed by atoms with Crippen molar-refractivity contribution in [3.8, 4) is 11.6 Å². The summed E-state index contributed by atoms with van der Waals surface area (Å²) < 4.78 is 6.71. The zero-order chi connectivity index (χ0) is 14.1. The molecule has 0 saturated heterocycles. The molecule has 102 valence electrons. The number of halogens is 1. The molecule has 3 aromatic rings. The Morgan fingerprint density at radius 1 is 1.25 bits per heavy atom. The Bertz CT molecular complexity index is 774. The molecule has 0 unspecified atom stereocenters. The number of pyridine rings is 1. The monoisotopic (exact) mass is 350 g/mol. The van der Waals surface area contributed by atoms with Crippen LogP contribution in [0, 0.1) is 6.92 Å². The van der Waals surface area contributed by atoms with Crippen LogP contribution in [0.5, 0.6) is 11.6 Å². The van der Waals surface area contributed by atoms with Crippen LogP contribution in [0.3, 0.4) is 0 Å². The molecule has 0 spiro atoms. The SMILES string of the molecule is CNc1nc(Oc2cncc(Br)c2)c2cc(C)sc2n1. The van der Waals surface area contributed by atoms with Crippen LogP contribution in [-0.4, -0.2) is 22.0 Å². The third kappa shape index (κ3) is 2.59. The van der Waals surface area contributed by atoms with Crippen molar-refractivity contribution < 1.29 is 4.74 Å². The highest BCUT2D eigenvalue weighted by molar-refractivity contribution is 9.10. The molecule has 0 aliphatic heterocycles. The van der Waals surface area contributed by atoms with Gasteiger partial charge in [-0.25, -0.2) is 4.98 Å². The average Bonchev–Trinajstić information content (AvgIpc) is 2.79. The number of hydrogen-bond acceptors (Lipinski definition) is 6. The fourth-order valence-corrected chi connectivity index (χ4v) is 2.98. The summed E-state index contributed by atoms with van der Waals surface area (Å²) in [5.41, 5.74) is 0. The zero-order valence-corrected chi connectivity index (χ0v) is 13.2. The number of aryl methyl sites for hydroxylation is 1. The van der Waals surface area contributed by atoms with Crippen molar-refractivity contribution in [2.45, 2.75) is 6.92 Å². The van der Waals surface area contributed by atoms with E-state index in [-0.39, 0.29) is 0 Å². The normalized spacial score (nSPS) is 10.8. The number of ether oxygens (including phenoxy) is 1. The lowest BCUT2D eigenvalue weighted by atomic mass is 10.3. The minimum Gasteiger partial charge on any atom is -0.436 e. The molecule has 0 aromatic carbocycles. The summed E-state index contributed by atoms with van der Waals surface area (Å²) in [6.07, 6.45) is 3.35. The summed E-state index contributed by atoms with van der Waals surface area (Å²) in [6, 6.07) is 3.87. The maximum atomic E-state index is 5.85. The van der Waals surface area contributed by atoms with Gasteiger partial charge in [0.1, 0.15) is 10.6 Å². The predicted octanol–water partition coefficient (Wildman–Crippen LogP) is 3.99. The second kappa shape index (κ2) is 5.34. The van der Waals surface area contributed by atoms with Crippen LogP contribution in [0.1, 0.15) is 4.88 Å². The molecule has 0 fully saturated rings. The molecule has 0 saturated carbocycles. The van der Waals surface area contributed by atoms with Crippen molar-refractivity contribution in [1.29, 1.82) is 0 Å². The number of anilines is 1. The molecule has 0 aliphatic carbocycles. The van der Waals surface area contributed by atoms with Crippen molar-refractivity contribution in [3.05, 3.63) is 33.9 Å². The fourth-order valence-electron chi connectivity index (χ4n) is 1.77. The van der Waals surface area contributed by atoms with E-state index >= 15 is 0 Å². The van der Waals surface area contributed by atoms with Crippen LogP contribution in [-0.2, 0) is 0 Å². The molecule has 20 heavy (non-hydrogen) atoms. The lowest BCUT2D eigenvalue weighted by molar-refractivity contribution is 0.466. The van der Waals surface area contributed by atoms with Gasteiger partial charge in [-0.3, -0.25) is 4.98 Å². The number of nitrogens with one attached hydrogen (secondary N) is 1. The van der Waals surface area contributed by atoms with Gasteiger partial charge in [0.2, 0.25) is 11.8 Å². The van der Waals surface area contributed by atoms with Crippen LogP contribution in [0.15, 0.2) is 29.0 Å². The summed E-state index contributed by atoms with van der Waals surface area (Å²) in [7, 11) is 1.78. The van der Waals surface area contributed by atoms with Gasteiger partial charge in [0.05, 0.1) is 11.6 Å². The van der Waals surface area contributed by atoms with E-state index in [1.165, 1.54) is 4.88 Å². The van der Waals surface area contributed by atoms with Crippen LogP contribution in [0.25, 0.3) is 10.2 Å². The topological polar surface area (TPSA) is 59.9 Å². The molecule has 0 aliphatic rings. The number of hydrogen-bond donors (Lipinski definition) is 1. The first-order valence-electron chi connectivity index (χ1n) is 5.90. The molecular weight excluding hydrogens is 340 g/mol. The van der Waals surface area contributed by atoms with Gasteiger partial charge < -0.3 is 10.1 Å². The minimum absolute atomic E-state index is 0.531. The summed E-state index contributed by atoms with van der Waals surface area (Å²) in [5.74, 6) is 1.70. The Morgan fingerprint density at radius 2 is 2.10 bits per heavy atom. The Balaban J connectivity index is 2.09. The van der Waals surface area contributed by atoms with Crippen LogP contribution < -0.4 is 10.1 Å². The molecular formula is C13H11BrN4OS. The van der Waals surface area contributed by atoms with Crippen LogP contribution >= 0.6 is 27.3 Å². The van der Waals surface area contributed by atoms with Gasteiger partial charge in [0.15, 0.2) is 0 Å². The molecule has 3 rings (SSSR count). The van der Waals surface area contributed by atoms with E-state index in [0.717, 1.165) is 14.7 Å². The van der Waals surface area contributed by atoms with Gasteiger partial charge in [-0.15, -0.1) is 11.3 Å². The van der Waals surface area contributed by atoms with Gasteiger partial charge in [-0.2, -0.15) is 4.98 Å². The van der Waals surface area contributed by atoms with Gasteiger partial charge in [0.25, 0.3) is 0 Å². The van der Waals surface area contributed by atoms with E-state index < -0.39 is 0 Å². The van der Waals surface area contributed by atoms with Crippen molar-refractivity contribution in [1.82, 2.24) is 15.0 Å². The molecule has 5 nitrogen and oxygen atoms in total. The van der Waals surface area contributed by atoms with E-state index in [9.17, 15) is 0 Å². The van der Waals surface area contributed by atoms with E-state index in [1.54, 1.807) is 30.8 Å². The number of rotatable bonds is 3. The van der Waals surface area contributed by atoms with Gasteiger partial charge >= 0.3 is 0 Å². The molecule has 3 heterocycles. The number of fused-ring (bicyclic) bond motifs is 1. The third-order valence-corrected chi connectivity index (χ3v) is 3.98. The quantitative estimate of drug-likeness (QED) is 0.773. The number of aromatic nitrogens is 3. The lowest BCUT2D eigenvalue weighted by Gasteiger charge is -2.07. The van der Waals surface area contributed by atoms with Crippen molar-refractivity contribution in [2.24, 2.45) is 0 Å². The maximum Gasteiger partial charge on any atom is 0.232 e. The second-order valence-corrected chi connectivity index (χ2v) is 6.27. The third-order valence-electron chi connectivity index (χ3n) is 2.60. The highest BCUT2D eigenvalue weighted by atomic mass is 79.9. The summed E-state index contributed by atoms with van der Waals surface area (Å²) in [5, 5.41) is 3.85. The zero-order valence-electron chi connectivity index (χ0n) is 10.8. The van der Waals surface area contributed by atoms with Crippen molar-refractivity contribution >= 4 is 43.4 Å². The van der Waals surface area contributed by atoms with Gasteiger partial charge in [0, 0.05) is 22.6 Å². The summed E-state index contributed by atoms with van der Waals surface area (Å²) in [6.45, 7) is 2.04. The molecule has 0 atom stereocenters. The maximum absolute atomic E-state index is 5.85. The predicted molar refractivity (Wildman–Crippen MR) is 83.7 cm³/mol. The first kappa shape index (κ1) is 13.3. The standard InChI is InChI=1S/C13H11BrN4OS/c1-7-3-10-11(17-13(15-2)18-12(10)20-7)19-9-4-8(14)5-16-6-9/h3-6H,1-2H3,(H,15,17,18). The lowest BCUT2D eigenvalue weighted by Crippen LogP contribution is -1.98. The largest absolute Gasteiger partial charge is 0.436 e. The van der Waals surface area contributed by atoms with Gasteiger partial charge in [-0.05, 0) is 35.0 Å². The minimum atomic E-state index is 0.531. The van der Waals surface area contributed by atoms with E-state index in [4.69, 9.17) is 4.74 Å². The first-order valence-corrected chi connectivity index (χ1v) is 7.51. The molecule has 0 amide bonds. The summed E-state index contributed by atoms with van der Waals surface area (Å²) >= 11 is 4.99. The van der Waals surface area contributed by atoms with Crippen LogP contribution in [0.2, 0.25) is 0 Å². The molecule has 7 heteroatoms. The highest BCUT2D eigenvalue weighted by Crippen LogP contribution is 2.33. The van der Waals surface area contributed by atoms with E-state index in [1.807, 2.05) is 19.1 Å². The van der Waals surface area contributed by atoms with Crippen molar-refractivity contribution in [3.63, 3.8) is 0 Å². The smallest absolute Gasteiger partial charge is 0.232 e. The van der Waals surface area contributed by atoms with Crippen LogP contribution in [0.4, 0.5) is 5.95 Å². The van der Waals surface area contributed by atoms with E-state index in [0.29, 0.717) is 17.6 Å². The highest BCUT2D eigenvalue weighted by Gasteiger charge is 2.12. The molecule has 0 bridgehead atoms. The Kier molecular flexibility index (Phi) is 3.54. The fraction of sp³-hybridized carbons (Fsp3) is 0.154. The Hall–Kier alpha value is -1.73. The Labute approximate surface area is 128 Å². The number of nitrogens with zero attached hydrogens (tertiary/aromatic N) is 3. The second-order valence-electron chi connectivity index (χ2n) is 4.12. The summed E-state index contributed by atoms with van der Waals surface area (Å²) in [4.78, 5) is 15.0. The van der Waals surface area contributed by atoms with Gasteiger partial charge in [-0.1, -0.05) is 0 Å². The molecule has 0 radical (unpaired) electrons. The van der Waals surface area contributed by atoms with E-state index in [2.05, 4.69) is 36.2 Å². The molecule has 3 aromatic heterocycles. The molecule has 1 N–H and O–H groups in total. The van der Waals surface area contributed by atoms with Crippen molar-refractivity contribution in [2.75, 3.05) is 12.4 Å².